The van der Waals surface area contributed by atoms with E-state index >= 15 is 0 Å². The minimum absolute atomic E-state index is 0.145. The molecule has 4 N–H and O–H groups in total. The monoisotopic (exact) mass is 784 g/mol. The van der Waals surface area contributed by atoms with Crippen LogP contribution in [0.2, 0.25) is 0 Å². The summed E-state index contributed by atoms with van der Waals surface area (Å²) in [5.41, 5.74) is 0. The van der Waals surface area contributed by atoms with Crippen molar-refractivity contribution in [2.24, 2.45) is 0 Å². The summed E-state index contributed by atoms with van der Waals surface area (Å²) in [6.07, 6.45) is 36.3. The van der Waals surface area contributed by atoms with Gasteiger partial charge in [0.2, 0.25) is 0 Å². The highest BCUT2D eigenvalue weighted by Gasteiger charge is 2.27. The summed E-state index contributed by atoms with van der Waals surface area (Å²) in [7, 11) is -4.64. The van der Waals surface area contributed by atoms with Crippen LogP contribution in [0.15, 0.2) is 60.8 Å². The fraction of sp³-hybridized carbons (Fsp3) is 0.714. The number of carbonyl (C=O) groups is 2. The lowest BCUT2D eigenvalue weighted by Crippen LogP contribution is -2.29. The van der Waals surface area contributed by atoms with Crippen LogP contribution in [0.1, 0.15) is 149 Å². The third-order valence-corrected chi connectivity index (χ3v) is 9.21. The van der Waals surface area contributed by atoms with Crippen molar-refractivity contribution in [3.05, 3.63) is 60.8 Å². The van der Waals surface area contributed by atoms with E-state index in [-0.39, 0.29) is 19.4 Å². The lowest BCUT2D eigenvalue weighted by molar-refractivity contribution is -0.161. The first-order valence-corrected chi connectivity index (χ1v) is 21.8. The quantitative estimate of drug-likeness (QED) is 0.0156. The Kier molecular flexibility index (Phi) is 35.9. The van der Waals surface area contributed by atoms with Gasteiger partial charge in [0.15, 0.2) is 6.10 Å². The standard InChI is InChI=1S/C42H73O11P/c1-3-5-7-9-11-12-13-14-15-16-17-18-20-24-29-33-42(47)53-40(37-52-54(48,49)51-35-39(45)34-43)36-50-41(46)32-28-25-21-23-27-31-38(44)30-26-22-19-10-8-6-4-2/h6,8,11-12,14-15,19,22,26,30,38-40,43-45H,3-5,7,9-10,13,16-18,20-21,23-25,27-29,31-37H2,1-2H3,(H,48,49)/b8-6+,12-11-,15-14-,22-19+,30-26+/t38?,39-,40+/m0/s1. The molecule has 0 aromatic rings. The number of carbonyl (C=O) groups excluding carboxylic acids is 2. The van der Waals surface area contributed by atoms with Crippen molar-refractivity contribution in [1.82, 2.24) is 0 Å². The molecule has 0 aromatic heterocycles. The van der Waals surface area contributed by atoms with Crippen molar-refractivity contribution in [2.75, 3.05) is 26.4 Å². The number of allylic oxidation sites excluding steroid dienone is 9. The Morgan fingerprint density at radius 3 is 1.89 bits per heavy atom. The molecule has 0 rings (SSSR count). The Balaban J connectivity index is 4.46. The van der Waals surface area contributed by atoms with E-state index in [4.69, 9.17) is 19.1 Å². The van der Waals surface area contributed by atoms with E-state index in [1.807, 2.05) is 18.2 Å². The third-order valence-electron chi connectivity index (χ3n) is 8.26. The maximum absolute atomic E-state index is 12.6. The number of aliphatic hydroxyl groups excluding tert-OH is 3. The van der Waals surface area contributed by atoms with Gasteiger partial charge >= 0.3 is 19.8 Å². The molecule has 0 spiro atoms. The average Bonchev–Trinajstić information content (AvgIpc) is 3.15. The molecule has 0 aliphatic rings. The van der Waals surface area contributed by atoms with Gasteiger partial charge in [-0.1, -0.05) is 132 Å². The molecule has 0 aromatic carbocycles. The molecule has 0 aliphatic heterocycles. The van der Waals surface area contributed by atoms with Crippen LogP contribution >= 0.6 is 7.82 Å². The zero-order chi connectivity index (χ0) is 40.0. The summed E-state index contributed by atoms with van der Waals surface area (Å²) in [5.74, 6) is -1.02. The second kappa shape index (κ2) is 37.5. The topological polar surface area (TPSA) is 169 Å². The van der Waals surface area contributed by atoms with Crippen LogP contribution in [0.25, 0.3) is 0 Å². The second-order valence-corrected chi connectivity index (χ2v) is 14.9. The number of unbranched alkanes of at least 4 members (excludes halogenated alkanes) is 12. The van der Waals surface area contributed by atoms with Crippen molar-refractivity contribution < 1.29 is 52.9 Å². The van der Waals surface area contributed by atoms with E-state index in [9.17, 15) is 29.3 Å². The van der Waals surface area contributed by atoms with E-state index in [1.165, 1.54) is 19.3 Å². The summed E-state index contributed by atoms with van der Waals surface area (Å²) in [6, 6.07) is 0. The molecule has 0 saturated heterocycles. The Bertz CT molecular complexity index is 1100. The Morgan fingerprint density at radius 1 is 0.648 bits per heavy atom. The molecule has 0 bridgehead atoms. The van der Waals surface area contributed by atoms with Crippen molar-refractivity contribution >= 4 is 19.8 Å². The maximum Gasteiger partial charge on any atom is 0.472 e. The summed E-state index contributed by atoms with van der Waals surface area (Å²) >= 11 is 0. The first-order valence-electron chi connectivity index (χ1n) is 20.4. The smallest absolute Gasteiger partial charge is 0.462 e. The van der Waals surface area contributed by atoms with E-state index in [0.29, 0.717) is 19.3 Å². The average molecular weight is 785 g/mol. The zero-order valence-electron chi connectivity index (χ0n) is 33.3. The molecule has 2 unspecified atom stereocenters. The Hall–Kier alpha value is -2.37. The number of phosphoric ester groups is 1. The molecule has 0 heterocycles. The van der Waals surface area contributed by atoms with Gasteiger partial charge in [0.05, 0.1) is 25.9 Å². The molecule has 54 heavy (non-hydrogen) atoms. The van der Waals surface area contributed by atoms with E-state index < -0.39 is 57.9 Å². The van der Waals surface area contributed by atoms with Crippen molar-refractivity contribution in [2.45, 2.75) is 167 Å². The lowest BCUT2D eigenvalue weighted by atomic mass is 10.1. The first kappa shape index (κ1) is 51.6. The van der Waals surface area contributed by atoms with Crippen molar-refractivity contribution in [3.63, 3.8) is 0 Å². The van der Waals surface area contributed by atoms with Crippen LogP contribution in [-0.4, -0.2) is 76.9 Å². The molecule has 0 fully saturated rings. The minimum Gasteiger partial charge on any atom is -0.462 e. The van der Waals surface area contributed by atoms with Crippen LogP contribution in [0.3, 0.4) is 0 Å². The largest absolute Gasteiger partial charge is 0.472 e. The molecular weight excluding hydrogens is 711 g/mol. The zero-order valence-corrected chi connectivity index (χ0v) is 34.2. The van der Waals surface area contributed by atoms with Gasteiger partial charge < -0.3 is 29.7 Å². The molecule has 312 valence electrons. The lowest BCUT2D eigenvalue weighted by Gasteiger charge is -2.20. The molecule has 0 amide bonds. The van der Waals surface area contributed by atoms with Gasteiger partial charge in [-0.3, -0.25) is 18.6 Å². The molecule has 12 heteroatoms. The van der Waals surface area contributed by atoms with Gasteiger partial charge in [-0.15, -0.1) is 0 Å². The number of esters is 2. The summed E-state index contributed by atoms with van der Waals surface area (Å²) in [6.45, 7) is 2.07. The summed E-state index contributed by atoms with van der Waals surface area (Å²) in [5, 5.41) is 28.4. The number of aliphatic hydroxyl groups is 3. The number of phosphoric acid groups is 1. The Labute approximate surface area is 326 Å². The second-order valence-electron chi connectivity index (χ2n) is 13.5. The molecule has 0 aliphatic carbocycles. The molecular formula is C42H73O11P. The van der Waals surface area contributed by atoms with Crippen LogP contribution < -0.4 is 0 Å². The SMILES string of the molecule is CC/C=C/C/C=C/C=C/C(O)CCCCCCCC(=O)OC[C@H](COP(=O)(O)OC[C@@H](O)CO)OC(=O)CCCCCCC/C=C\C/C=C\CCCCC. The molecule has 0 saturated carbocycles. The van der Waals surface area contributed by atoms with Crippen LogP contribution in [0, 0.1) is 0 Å². The Morgan fingerprint density at radius 2 is 1.22 bits per heavy atom. The highest BCUT2D eigenvalue weighted by Crippen LogP contribution is 2.43. The van der Waals surface area contributed by atoms with Crippen LogP contribution in [0.5, 0.6) is 0 Å². The highest BCUT2D eigenvalue weighted by molar-refractivity contribution is 7.47. The normalized spacial score (nSPS) is 15.1. The van der Waals surface area contributed by atoms with Crippen LogP contribution in [-0.2, 0) is 32.7 Å². The van der Waals surface area contributed by atoms with Gasteiger partial charge in [-0.25, -0.2) is 4.57 Å². The number of hydrogen-bond donors (Lipinski definition) is 4. The van der Waals surface area contributed by atoms with Gasteiger partial charge in [0, 0.05) is 12.8 Å². The third kappa shape index (κ3) is 36.6. The fourth-order valence-corrected chi connectivity index (χ4v) is 5.88. The van der Waals surface area contributed by atoms with E-state index in [1.54, 1.807) is 6.08 Å². The van der Waals surface area contributed by atoms with Crippen molar-refractivity contribution in [3.8, 4) is 0 Å². The predicted octanol–water partition coefficient (Wildman–Crippen LogP) is 9.30. The fourth-order valence-electron chi connectivity index (χ4n) is 5.09. The molecule has 11 nitrogen and oxygen atoms in total. The van der Waals surface area contributed by atoms with Gasteiger partial charge in [-0.05, 0) is 64.2 Å². The van der Waals surface area contributed by atoms with Gasteiger partial charge in [0.1, 0.15) is 12.7 Å². The predicted molar refractivity (Wildman–Crippen MR) is 216 cm³/mol. The maximum atomic E-state index is 12.6. The summed E-state index contributed by atoms with van der Waals surface area (Å²) in [4.78, 5) is 34.9. The first-order chi connectivity index (χ1) is 26.1. The molecule has 4 atom stereocenters. The van der Waals surface area contributed by atoms with Gasteiger partial charge in [-0.2, -0.15) is 0 Å². The summed E-state index contributed by atoms with van der Waals surface area (Å²) < 4.78 is 32.6. The van der Waals surface area contributed by atoms with Gasteiger partial charge in [0.25, 0.3) is 0 Å². The van der Waals surface area contributed by atoms with Crippen molar-refractivity contribution in [1.29, 1.82) is 0 Å². The van der Waals surface area contributed by atoms with E-state index in [2.05, 4.69) is 54.8 Å². The number of hydrogen-bond acceptors (Lipinski definition) is 10. The number of ether oxygens (including phenoxy) is 2. The molecule has 0 radical (unpaired) electrons. The number of rotatable bonds is 37. The highest BCUT2D eigenvalue weighted by atomic mass is 31.2. The minimum atomic E-state index is -4.64. The van der Waals surface area contributed by atoms with E-state index in [0.717, 1.165) is 83.5 Å². The van der Waals surface area contributed by atoms with Crippen LogP contribution in [0.4, 0.5) is 0 Å².